The fraction of sp³-hybridized carbons (Fsp3) is 0.214. The lowest BCUT2D eigenvalue weighted by Gasteiger charge is -2.17. The van der Waals surface area contributed by atoms with Crippen LogP contribution in [0, 0.1) is 6.92 Å². The number of amides is 2. The average molecular weight is 441 g/mol. The van der Waals surface area contributed by atoms with Gasteiger partial charge in [-0.05, 0) is 66.8 Å². The van der Waals surface area contributed by atoms with Crippen molar-refractivity contribution in [3.63, 3.8) is 0 Å². The summed E-state index contributed by atoms with van der Waals surface area (Å²) in [6.07, 6.45) is 0. The highest BCUT2D eigenvalue weighted by Gasteiger charge is 2.40. The summed E-state index contributed by atoms with van der Waals surface area (Å²) in [4.78, 5) is 28.4. The van der Waals surface area contributed by atoms with Gasteiger partial charge in [-0.3, -0.25) is 9.59 Å². The zero-order valence-corrected chi connectivity index (χ0v) is 19.4. The number of nitrogens with one attached hydrogen (secondary N) is 1. The third-order valence-corrected chi connectivity index (χ3v) is 5.76. The van der Waals surface area contributed by atoms with E-state index in [0.717, 1.165) is 16.8 Å². The zero-order valence-electron chi connectivity index (χ0n) is 19.4. The number of para-hydroxylation sites is 1. The summed E-state index contributed by atoms with van der Waals surface area (Å²) in [5.41, 5.74) is 4.75. The number of rotatable bonds is 7. The van der Waals surface area contributed by atoms with E-state index in [1.807, 2.05) is 86.6 Å². The molecule has 33 heavy (non-hydrogen) atoms. The maximum Gasteiger partial charge on any atom is 0.282 e. The van der Waals surface area contributed by atoms with Gasteiger partial charge in [0.15, 0.2) is 0 Å². The van der Waals surface area contributed by atoms with Crippen LogP contribution in [0.3, 0.4) is 0 Å². The molecule has 168 valence electrons. The smallest absolute Gasteiger partial charge is 0.282 e. The van der Waals surface area contributed by atoms with Crippen molar-refractivity contribution in [2.75, 3.05) is 16.8 Å². The van der Waals surface area contributed by atoms with E-state index < -0.39 is 0 Å². The molecule has 4 rings (SSSR count). The minimum atomic E-state index is -0.371. The Labute approximate surface area is 194 Å². The van der Waals surface area contributed by atoms with Gasteiger partial charge < -0.3 is 10.1 Å². The first kappa shape index (κ1) is 22.3. The third kappa shape index (κ3) is 4.40. The number of ether oxygens (including phenoxy) is 1. The van der Waals surface area contributed by atoms with Crippen molar-refractivity contribution in [2.45, 2.75) is 33.6 Å². The first-order valence-electron chi connectivity index (χ1n) is 11.2. The monoisotopic (exact) mass is 440 g/mol. The van der Waals surface area contributed by atoms with E-state index in [9.17, 15) is 9.59 Å². The van der Waals surface area contributed by atoms with Crippen molar-refractivity contribution >= 4 is 28.8 Å². The number of aryl methyl sites for hydroxylation is 1. The Morgan fingerprint density at radius 3 is 2.15 bits per heavy atom. The summed E-state index contributed by atoms with van der Waals surface area (Å²) in [6.45, 7) is 8.65. The first-order valence-corrected chi connectivity index (χ1v) is 11.2. The van der Waals surface area contributed by atoms with Gasteiger partial charge in [-0.25, -0.2) is 4.90 Å². The van der Waals surface area contributed by atoms with Crippen LogP contribution < -0.4 is 15.0 Å². The molecule has 0 saturated heterocycles. The minimum Gasteiger partial charge on any atom is -0.494 e. The van der Waals surface area contributed by atoms with E-state index in [4.69, 9.17) is 4.74 Å². The van der Waals surface area contributed by atoms with Crippen molar-refractivity contribution < 1.29 is 14.3 Å². The lowest BCUT2D eigenvalue weighted by atomic mass is 10.0. The molecule has 0 aliphatic carbocycles. The van der Waals surface area contributed by atoms with Crippen molar-refractivity contribution in [2.24, 2.45) is 0 Å². The number of imide groups is 1. The highest BCUT2D eigenvalue weighted by Crippen LogP contribution is 2.35. The normalized spacial score (nSPS) is 13.8. The van der Waals surface area contributed by atoms with Crippen LogP contribution in [0.4, 0.5) is 11.4 Å². The number of hydrogen-bond donors (Lipinski definition) is 1. The van der Waals surface area contributed by atoms with Crippen LogP contribution >= 0.6 is 0 Å². The van der Waals surface area contributed by atoms with Gasteiger partial charge in [-0.1, -0.05) is 56.3 Å². The van der Waals surface area contributed by atoms with E-state index in [0.29, 0.717) is 35.1 Å². The lowest BCUT2D eigenvalue weighted by Crippen LogP contribution is -2.32. The molecule has 0 spiro atoms. The molecule has 0 radical (unpaired) electrons. The molecule has 1 aliphatic rings. The molecular formula is C28H28N2O3. The Balaban J connectivity index is 1.78. The van der Waals surface area contributed by atoms with Crippen molar-refractivity contribution in [3.05, 3.63) is 95.2 Å². The molecule has 0 unspecified atom stereocenters. The summed E-state index contributed by atoms with van der Waals surface area (Å²) >= 11 is 0. The molecule has 3 aromatic rings. The van der Waals surface area contributed by atoms with E-state index >= 15 is 0 Å². The molecule has 0 fully saturated rings. The Hall–Kier alpha value is -3.86. The van der Waals surface area contributed by atoms with Gasteiger partial charge in [0, 0.05) is 5.69 Å². The van der Waals surface area contributed by atoms with Gasteiger partial charge in [-0.15, -0.1) is 0 Å². The van der Waals surface area contributed by atoms with Gasteiger partial charge in [0.25, 0.3) is 11.8 Å². The van der Waals surface area contributed by atoms with E-state index in [2.05, 4.69) is 19.2 Å². The minimum absolute atomic E-state index is 0.270. The Morgan fingerprint density at radius 1 is 0.879 bits per heavy atom. The van der Waals surface area contributed by atoms with Crippen molar-refractivity contribution in [1.29, 1.82) is 0 Å². The molecular weight excluding hydrogens is 412 g/mol. The van der Waals surface area contributed by atoms with Crippen molar-refractivity contribution in [1.82, 2.24) is 0 Å². The second-order valence-electron chi connectivity index (χ2n) is 8.34. The lowest BCUT2D eigenvalue weighted by molar-refractivity contribution is -0.120. The van der Waals surface area contributed by atoms with E-state index in [1.54, 1.807) is 0 Å². The topological polar surface area (TPSA) is 58.6 Å². The Morgan fingerprint density at radius 2 is 1.55 bits per heavy atom. The fourth-order valence-electron chi connectivity index (χ4n) is 3.89. The van der Waals surface area contributed by atoms with Crippen LogP contribution in [0.2, 0.25) is 0 Å². The molecule has 0 aromatic heterocycles. The molecule has 0 atom stereocenters. The molecule has 5 heteroatoms. The van der Waals surface area contributed by atoms with E-state index in [-0.39, 0.29) is 17.5 Å². The molecule has 1 heterocycles. The Bertz CT molecular complexity index is 1210. The predicted molar refractivity (Wildman–Crippen MR) is 132 cm³/mol. The number of benzene rings is 3. The molecule has 3 aromatic carbocycles. The molecule has 0 saturated carbocycles. The van der Waals surface area contributed by atoms with E-state index in [1.165, 1.54) is 4.90 Å². The SMILES string of the molecule is CCOc1ccc(C2=C(Nc3ccccc3C)C(=O)N(c3ccc(C(C)C)cc3)C2=O)cc1. The maximum absolute atomic E-state index is 13.6. The highest BCUT2D eigenvalue weighted by molar-refractivity contribution is 6.46. The van der Waals surface area contributed by atoms with Gasteiger partial charge >= 0.3 is 0 Å². The largest absolute Gasteiger partial charge is 0.494 e. The summed E-state index contributed by atoms with van der Waals surface area (Å²) < 4.78 is 5.54. The second kappa shape index (κ2) is 9.33. The number of nitrogens with zero attached hydrogens (tertiary/aromatic N) is 1. The van der Waals surface area contributed by atoms with Crippen LogP contribution in [0.15, 0.2) is 78.5 Å². The summed E-state index contributed by atoms with van der Waals surface area (Å²) in [7, 11) is 0. The van der Waals surface area contributed by atoms with Crippen LogP contribution in [0.5, 0.6) is 5.75 Å². The number of carbonyl (C=O) groups is 2. The number of hydrogen-bond acceptors (Lipinski definition) is 4. The highest BCUT2D eigenvalue weighted by atomic mass is 16.5. The molecule has 1 aliphatic heterocycles. The van der Waals surface area contributed by atoms with Gasteiger partial charge in [0.1, 0.15) is 11.4 Å². The van der Waals surface area contributed by atoms with Gasteiger partial charge in [0.05, 0.1) is 17.9 Å². The molecule has 2 amide bonds. The van der Waals surface area contributed by atoms with Crippen LogP contribution in [-0.4, -0.2) is 18.4 Å². The summed E-state index contributed by atoms with van der Waals surface area (Å²) in [5.74, 6) is 0.356. The number of carbonyl (C=O) groups excluding carboxylic acids is 2. The standard InChI is InChI=1S/C28H28N2O3/c1-5-33-23-16-12-21(13-17-23)25-26(29-24-9-7-6-8-19(24)4)28(32)30(27(25)31)22-14-10-20(11-15-22)18(2)3/h6-18,29H,5H2,1-4H3. The van der Waals surface area contributed by atoms with Crippen LogP contribution in [-0.2, 0) is 9.59 Å². The molecule has 0 bridgehead atoms. The average Bonchev–Trinajstić information content (AvgIpc) is 3.05. The zero-order chi connectivity index (χ0) is 23.5. The fourth-order valence-corrected chi connectivity index (χ4v) is 3.89. The predicted octanol–water partition coefficient (Wildman–Crippen LogP) is 5.91. The first-order chi connectivity index (χ1) is 15.9. The van der Waals surface area contributed by atoms with Gasteiger partial charge in [0.2, 0.25) is 0 Å². The molecule has 5 nitrogen and oxygen atoms in total. The van der Waals surface area contributed by atoms with Gasteiger partial charge in [-0.2, -0.15) is 0 Å². The summed E-state index contributed by atoms with van der Waals surface area (Å²) in [5, 5.41) is 3.24. The van der Waals surface area contributed by atoms with Crippen molar-refractivity contribution in [3.8, 4) is 5.75 Å². The summed E-state index contributed by atoms with van der Waals surface area (Å²) in [6, 6.07) is 22.5. The second-order valence-corrected chi connectivity index (χ2v) is 8.34. The Kier molecular flexibility index (Phi) is 6.31. The quantitative estimate of drug-likeness (QED) is 0.464. The van der Waals surface area contributed by atoms with Crippen LogP contribution in [0.25, 0.3) is 5.57 Å². The van der Waals surface area contributed by atoms with Crippen LogP contribution in [0.1, 0.15) is 43.4 Å². The third-order valence-electron chi connectivity index (χ3n) is 5.76. The molecule has 1 N–H and O–H groups in total. The maximum atomic E-state index is 13.6. The number of anilines is 2.